The van der Waals surface area contributed by atoms with Crippen molar-refractivity contribution in [2.24, 2.45) is 0 Å². The van der Waals surface area contributed by atoms with E-state index in [9.17, 15) is 28.1 Å². The molecule has 0 amide bonds. The Bertz CT molecular complexity index is 1510. The van der Waals surface area contributed by atoms with Gasteiger partial charge in [0.25, 0.3) is 0 Å². The van der Waals surface area contributed by atoms with Crippen LogP contribution in [0.1, 0.15) is 67.3 Å². The lowest BCUT2D eigenvalue weighted by molar-refractivity contribution is 0.100. The van der Waals surface area contributed by atoms with Crippen LogP contribution < -0.4 is 0 Å². The third-order valence-electron chi connectivity index (χ3n) is 4.59. The number of thiazole rings is 3. The minimum atomic E-state index is -3.97. The van der Waals surface area contributed by atoms with E-state index in [1.165, 1.54) is 46.3 Å². The highest BCUT2D eigenvalue weighted by Crippen LogP contribution is 2.48. The number of phosphoric ester groups is 3. The molecule has 3 aromatic rings. The largest absolute Gasteiger partial charge is 0.474 e. The van der Waals surface area contributed by atoms with E-state index in [0.29, 0.717) is 32.1 Å². The second-order valence-corrected chi connectivity index (χ2v) is 15.6. The van der Waals surface area contributed by atoms with E-state index in [0.717, 1.165) is 36.9 Å². The molecule has 18 nitrogen and oxygen atoms in total. The molecule has 258 valence electrons. The van der Waals surface area contributed by atoms with Crippen LogP contribution in [0.15, 0.2) is 16.1 Å². The molecule has 0 saturated heterocycles. The van der Waals surface area contributed by atoms with Gasteiger partial charge in [0.05, 0.1) is 17.1 Å². The topological polar surface area (TPSA) is 246 Å². The highest BCUT2D eigenvalue weighted by molar-refractivity contribution is 7.48. The molecule has 2 N–H and O–H groups in total. The number of carbonyl (C=O) groups is 3. The van der Waals surface area contributed by atoms with E-state index >= 15 is 0 Å². The Labute approximate surface area is 275 Å². The van der Waals surface area contributed by atoms with Crippen LogP contribution in [0.4, 0.5) is 0 Å². The predicted molar refractivity (Wildman–Crippen MR) is 166 cm³/mol. The third-order valence-corrected chi connectivity index (χ3v) is 10.7. The number of carbonyl (C=O) groups excluding carboxylic acids is 3. The molecular formula is C22H32N3O15P3S3. The van der Waals surface area contributed by atoms with Crippen molar-refractivity contribution in [2.75, 3.05) is 28.4 Å². The maximum Gasteiger partial charge on any atom is 0.474 e. The fourth-order valence-corrected chi connectivity index (χ4v) is 5.90. The van der Waals surface area contributed by atoms with Gasteiger partial charge in [-0.15, -0.1) is 34.0 Å². The number of ketones is 3. The molecule has 0 aliphatic rings. The van der Waals surface area contributed by atoms with Crippen molar-refractivity contribution >= 4 is 74.8 Å². The summed E-state index contributed by atoms with van der Waals surface area (Å²) in [5.74, 6) is -0.409. The SMILES string of the molecule is COP(=O)(O)OCc1csc(C(C)=O)n1.COP(=O)(O)OCc1csc(C(C)=O)n1.COP(=O)(OC)OCc1csc(C(C)=O)n1. The van der Waals surface area contributed by atoms with Crippen molar-refractivity contribution in [1.29, 1.82) is 0 Å². The Hall–Kier alpha value is -1.77. The van der Waals surface area contributed by atoms with Gasteiger partial charge >= 0.3 is 23.5 Å². The molecule has 0 fully saturated rings. The summed E-state index contributed by atoms with van der Waals surface area (Å²) in [7, 11) is -6.83. The van der Waals surface area contributed by atoms with Crippen LogP contribution in [0.5, 0.6) is 0 Å². The summed E-state index contributed by atoms with van der Waals surface area (Å²) in [5, 5.41) is 5.92. The summed E-state index contributed by atoms with van der Waals surface area (Å²) in [4.78, 5) is 62.4. The summed E-state index contributed by atoms with van der Waals surface area (Å²) >= 11 is 3.54. The van der Waals surface area contributed by atoms with Gasteiger partial charge in [-0.05, 0) is 0 Å². The molecule has 0 saturated carbocycles. The fraction of sp³-hybridized carbons (Fsp3) is 0.455. The number of phosphoric acid groups is 3. The monoisotopic (exact) mass is 767 g/mol. The molecule has 2 atom stereocenters. The maximum atomic E-state index is 11.5. The Kier molecular flexibility index (Phi) is 18.3. The fourth-order valence-electron chi connectivity index (χ4n) is 2.33. The van der Waals surface area contributed by atoms with Crippen LogP contribution in [0.25, 0.3) is 0 Å². The maximum absolute atomic E-state index is 11.5. The number of nitrogens with zero attached hydrogens (tertiary/aromatic N) is 3. The first kappa shape index (κ1) is 42.3. The quantitative estimate of drug-likeness (QED) is 0.135. The molecule has 3 rings (SSSR count). The number of aromatic nitrogens is 3. The van der Waals surface area contributed by atoms with Gasteiger partial charge in [-0.1, -0.05) is 0 Å². The number of hydrogen-bond donors (Lipinski definition) is 2. The first-order chi connectivity index (χ1) is 21.4. The van der Waals surface area contributed by atoms with Crippen LogP contribution in [0.2, 0.25) is 0 Å². The lowest BCUT2D eigenvalue weighted by atomic mass is 10.5. The molecule has 0 spiro atoms. The summed E-state index contributed by atoms with van der Waals surface area (Å²) in [6.45, 7) is 3.88. The average Bonchev–Trinajstić information content (AvgIpc) is 3.80. The number of Topliss-reactive ketones (excluding diaryl/α,β-unsaturated/α-hetero) is 3. The normalized spacial score (nSPS) is 13.8. The van der Waals surface area contributed by atoms with Gasteiger partial charge in [0, 0.05) is 65.4 Å². The van der Waals surface area contributed by atoms with Crippen LogP contribution in [0, 0.1) is 0 Å². The molecule has 3 aromatic heterocycles. The molecule has 0 radical (unpaired) electrons. The third kappa shape index (κ3) is 15.9. The molecule has 0 aromatic carbocycles. The summed E-state index contributed by atoms with van der Waals surface area (Å²) in [6, 6.07) is 0. The molecule has 0 aliphatic carbocycles. The Morgan fingerprint density at radius 1 is 0.587 bits per heavy atom. The first-order valence-corrected chi connectivity index (χ1v) is 19.3. The van der Waals surface area contributed by atoms with Crippen LogP contribution in [0.3, 0.4) is 0 Å². The van der Waals surface area contributed by atoms with Gasteiger partial charge in [0.2, 0.25) is 0 Å². The molecule has 24 heteroatoms. The van der Waals surface area contributed by atoms with E-state index in [4.69, 9.17) is 14.3 Å². The van der Waals surface area contributed by atoms with Crippen LogP contribution >= 0.6 is 57.5 Å². The van der Waals surface area contributed by atoms with Gasteiger partial charge in [-0.2, -0.15) is 0 Å². The smallest absolute Gasteiger partial charge is 0.302 e. The van der Waals surface area contributed by atoms with Crippen molar-refractivity contribution in [3.63, 3.8) is 0 Å². The van der Waals surface area contributed by atoms with Gasteiger partial charge < -0.3 is 9.79 Å². The van der Waals surface area contributed by atoms with Crippen molar-refractivity contribution in [1.82, 2.24) is 15.0 Å². The number of hydrogen-bond acceptors (Lipinski definition) is 19. The van der Waals surface area contributed by atoms with Crippen molar-refractivity contribution in [3.05, 3.63) is 48.2 Å². The summed E-state index contributed by atoms with van der Waals surface area (Å²) < 4.78 is 65.0. The average molecular weight is 768 g/mol. The minimum absolute atomic E-state index is 0.0251. The van der Waals surface area contributed by atoms with Crippen LogP contribution in [-0.4, -0.2) is 70.5 Å². The molecular weight excluding hydrogens is 735 g/mol. The zero-order valence-corrected chi connectivity index (χ0v) is 30.6. The lowest BCUT2D eigenvalue weighted by Crippen LogP contribution is -1.97. The van der Waals surface area contributed by atoms with E-state index < -0.39 is 23.5 Å². The van der Waals surface area contributed by atoms with Gasteiger partial charge in [-0.25, -0.2) is 28.6 Å². The van der Waals surface area contributed by atoms with Gasteiger partial charge in [0.15, 0.2) is 32.4 Å². The van der Waals surface area contributed by atoms with Gasteiger partial charge in [0.1, 0.15) is 19.8 Å². The van der Waals surface area contributed by atoms with Crippen LogP contribution in [-0.2, 0) is 65.2 Å². The van der Waals surface area contributed by atoms with Crippen molar-refractivity contribution in [2.45, 2.75) is 40.6 Å². The molecule has 0 bridgehead atoms. The Morgan fingerprint density at radius 2 is 0.870 bits per heavy atom. The number of rotatable bonds is 16. The second kappa shape index (κ2) is 19.9. The Balaban J connectivity index is 0.000000345. The first-order valence-electron chi connectivity index (χ1n) is 12.2. The van der Waals surface area contributed by atoms with E-state index in [2.05, 4.69) is 42.1 Å². The van der Waals surface area contributed by atoms with E-state index in [1.807, 2.05) is 0 Å². The molecule has 3 heterocycles. The van der Waals surface area contributed by atoms with Gasteiger partial charge in [-0.3, -0.25) is 46.0 Å². The zero-order chi connectivity index (χ0) is 35.1. The predicted octanol–water partition coefficient (Wildman–Crippen LogP) is 5.48. The lowest BCUT2D eigenvalue weighted by Gasteiger charge is -2.11. The van der Waals surface area contributed by atoms with E-state index in [1.54, 1.807) is 16.1 Å². The zero-order valence-electron chi connectivity index (χ0n) is 25.5. The van der Waals surface area contributed by atoms with Crippen molar-refractivity contribution in [3.8, 4) is 0 Å². The molecule has 0 aliphatic heterocycles. The molecule has 2 unspecified atom stereocenters. The van der Waals surface area contributed by atoms with Crippen molar-refractivity contribution < 1.29 is 69.5 Å². The highest BCUT2D eigenvalue weighted by Gasteiger charge is 2.23. The van der Waals surface area contributed by atoms with E-state index in [-0.39, 0.29) is 37.2 Å². The second-order valence-electron chi connectivity index (χ2n) is 8.04. The summed E-state index contributed by atoms with van der Waals surface area (Å²) in [6.07, 6.45) is 0. The summed E-state index contributed by atoms with van der Waals surface area (Å²) in [5.41, 5.74) is 1.37. The molecule has 46 heavy (non-hydrogen) atoms. The Morgan fingerprint density at radius 3 is 1.09 bits per heavy atom. The highest BCUT2D eigenvalue weighted by atomic mass is 32.1. The standard InChI is InChI=1S/C8H12NO5PS.2C7H10NO5PS/c1-6(10)8-9-7(5-16-8)4-14-15(11,12-2)13-3;2*1-5(9)7-8-6(4-15-7)3-13-14(10,11)12-2/h5H,4H2,1-3H3;2*4H,3H2,1-2H3,(H,10,11). The minimum Gasteiger partial charge on any atom is -0.302 e.